The fourth-order valence-corrected chi connectivity index (χ4v) is 4.21. The first-order chi connectivity index (χ1) is 17.0. The summed E-state index contributed by atoms with van der Waals surface area (Å²) in [7, 11) is 1.28. The molecule has 3 rings (SSSR count). The lowest BCUT2D eigenvalue weighted by molar-refractivity contribution is 0.0613. The molecule has 3 aromatic rings. The Kier molecular flexibility index (Phi) is 8.79. The molecule has 2 atom stereocenters. The normalized spacial score (nSPS) is 13.3. The van der Waals surface area contributed by atoms with Crippen molar-refractivity contribution in [2.75, 3.05) is 20.3 Å². The lowest BCUT2D eigenvalue weighted by Gasteiger charge is -2.39. The first-order valence-corrected chi connectivity index (χ1v) is 11.8. The number of hydrogen-bond acceptors (Lipinski definition) is 4. The van der Waals surface area contributed by atoms with Crippen molar-refractivity contribution in [1.29, 1.82) is 0 Å². The molecule has 2 aromatic carbocycles. The van der Waals surface area contributed by atoms with Crippen LogP contribution in [0.15, 0.2) is 54.7 Å². The van der Waals surface area contributed by atoms with Gasteiger partial charge in [-0.3, -0.25) is 4.90 Å². The third-order valence-corrected chi connectivity index (χ3v) is 5.89. The number of ether oxygens (including phenoxy) is 1. The van der Waals surface area contributed by atoms with Gasteiger partial charge in [0.05, 0.1) is 18.8 Å². The van der Waals surface area contributed by atoms with Crippen LogP contribution >= 0.6 is 0 Å². The molecule has 2 unspecified atom stereocenters. The number of aromatic nitrogens is 2. The number of rotatable bonds is 9. The number of carbonyl (C=O) groups excluding carboxylic acids is 1. The third-order valence-electron chi connectivity index (χ3n) is 5.89. The largest absolute Gasteiger partial charge is 0.453 e. The number of amides is 1. The number of carbonyl (C=O) groups is 1. The minimum absolute atomic E-state index is 0.141. The summed E-state index contributed by atoms with van der Waals surface area (Å²) in [5.41, 5.74) is 7.01. The third kappa shape index (κ3) is 6.66. The van der Waals surface area contributed by atoms with Crippen molar-refractivity contribution in [3.05, 3.63) is 77.8 Å². The van der Waals surface area contributed by atoms with Gasteiger partial charge < -0.3 is 15.0 Å². The van der Waals surface area contributed by atoms with E-state index in [0.29, 0.717) is 22.6 Å². The molecule has 1 aromatic heterocycles. The SMILES string of the molecule is COC(=O)N(CCC(N)CF)C(c1nc(-c2cccc(F)c2)cn1Cc1cccc(F)c1)C(C)(C)C. The van der Waals surface area contributed by atoms with Crippen LogP contribution in [0.2, 0.25) is 0 Å². The number of benzene rings is 2. The zero-order valence-corrected chi connectivity index (χ0v) is 21.0. The maximum absolute atomic E-state index is 14.0. The van der Waals surface area contributed by atoms with Crippen molar-refractivity contribution < 1.29 is 22.7 Å². The Morgan fingerprint density at radius 3 is 2.39 bits per heavy atom. The lowest BCUT2D eigenvalue weighted by atomic mass is 9.84. The van der Waals surface area contributed by atoms with E-state index in [4.69, 9.17) is 15.5 Å². The second-order valence-corrected chi connectivity index (χ2v) is 9.89. The van der Waals surface area contributed by atoms with E-state index >= 15 is 0 Å². The summed E-state index contributed by atoms with van der Waals surface area (Å²) in [4.78, 5) is 19.3. The minimum atomic E-state index is -0.729. The van der Waals surface area contributed by atoms with Crippen LogP contribution in [0.4, 0.5) is 18.0 Å². The zero-order valence-electron chi connectivity index (χ0n) is 21.0. The molecular weight excluding hydrogens is 469 g/mol. The summed E-state index contributed by atoms with van der Waals surface area (Å²) < 4.78 is 48.0. The molecule has 0 aliphatic carbocycles. The highest BCUT2D eigenvalue weighted by atomic mass is 19.1. The molecule has 1 heterocycles. The highest BCUT2D eigenvalue weighted by Gasteiger charge is 2.39. The second kappa shape index (κ2) is 11.6. The fraction of sp³-hybridized carbons (Fsp3) is 0.407. The number of methoxy groups -OCH3 is 1. The molecule has 0 spiro atoms. The van der Waals surface area contributed by atoms with E-state index < -0.39 is 36.1 Å². The van der Waals surface area contributed by atoms with Crippen molar-refractivity contribution in [3.63, 3.8) is 0 Å². The van der Waals surface area contributed by atoms with Gasteiger partial charge in [-0.05, 0) is 41.7 Å². The molecule has 0 saturated carbocycles. The van der Waals surface area contributed by atoms with Gasteiger partial charge >= 0.3 is 6.09 Å². The summed E-state index contributed by atoms with van der Waals surface area (Å²) in [5.74, 6) is -0.272. The fourth-order valence-electron chi connectivity index (χ4n) is 4.21. The van der Waals surface area contributed by atoms with Crippen molar-refractivity contribution >= 4 is 6.09 Å². The summed E-state index contributed by atoms with van der Waals surface area (Å²) >= 11 is 0. The second-order valence-electron chi connectivity index (χ2n) is 9.89. The standard InChI is InChI=1S/C27H33F3N4O2/c1-27(2,3)24(34(26(35)36-4)12-11-22(31)15-28)25-32-23(19-8-6-10-21(30)14-19)17-33(25)16-18-7-5-9-20(29)13-18/h5-10,13-14,17,22,24H,11-12,15-16,31H2,1-4H3. The zero-order chi connectivity index (χ0) is 26.5. The van der Waals surface area contributed by atoms with Crippen molar-refractivity contribution in [3.8, 4) is 11.3 Å². The highest BCUT2D eigenvalue weighted by molar-refractivity contribution is 5.68. The van der Waals surface area contributed by atoms with Gasteiger partial charge in [0.25, 0.3) is 0 Å². The first-order valence-electron chi connectivity index (χ1n) is 11.8. The Balaban J connectivity index is 2.16. The van der Waals surface area contributed by atoms with Crippen LogP contribution in [0.25, 0.3) is 11.3 Å². The number of nitrogens with two attached hydrogens (primary N) is 1. The molecule has 0 aliphatic rings. The molecule has 6 nitrogen and oxygen atoms in total. The Labute approximate surface area is 209 Å². The monoisotopic (exact) mass is 502 g/mol. The number of nitrogens with zero attached hydrogens (tertiary/aromatic N) is 3. The first kappa shape index (κ1) is 27.3. The van der Waals surface area contributed by atoms with Gasteiger partial charge in [0.2, 0.25) is 0 Å². The van der Waals surface area contributed by atoms with Crippen LogP contribution in [-0.4, -0.2) is 46.9 Å². The van der Waals surface area contributed by atoms with Crippen LogP contribution in [0, 0.1) is 17.0 Å². The molecule has 1 amide bonds. The summed E-state index contributed by atoms with van der Waals surface area (Å²) in [6.07, 6.45) is 1.38. The maximum Gasteiger partial charge on any atom is 0.410 e. The molecule has 0 saturated heterocycles. The molecule has 2 N–H and O–H groups in total. The Morgan fingerprint density at radius 1 is 1.14 bits per heavy atom. The van der Waals surface area contributed by atoms with Crippen LogP contribution in [-0.2, 0) is 11.3 Å². The predicted molar refractivity (Wildman–Crippen MR) is 133 cm³/mol. The predicted octanol–water partition coefficient (Wildman–Crippen LogP) is 5.72. The Hall–Kier alpha value is -3.33. The quantitative estimate of drug-likeness (QED) is 0.406. The maximum atomic E-state index is 14.0. The Morgan fingerprint density at radius 2 is 1.81 bits per heavy atom. The van der Waals surface area contributed by atoms with Crippen LogP contribution < -0.4 is 5.73 Å². The van der Waals surface area contributed by atoms with E-state index in [1.807, 2.05) is 25.3 Å². The van der Waals surface area contributed by atoms with Gasteiger partial charge in [-0.25, -0.2) is 22.9 Å². The average molecular weight is 503 g/mol. The van der Waals surface area contributed by atoms with Gasteiger partial charge in [-0.2, -0.15) is 0 Å². The smallest absolute Gasteiger partial charge is 0.410 e. The van der Waals surface area contributed by atoms with Crippen molar-refractivity contribution in [2.45, 2.75) is 45.8 Å². The van der Waals surface area contributed by atoms with Gasteiger partial charge in [-0.15, -0.1) is 0 Å². The van der Waals surface area contributed by atoms with E-state index in [9.17, 15) is 18.0 Å². The van der Waals surface area contributed by atoms with Crippen molar-refractivity contribution in [2.24, 2.45) is 11.1 Å². The minimum Gasteiger partial charge on any atom is -0.453 e. The lowest BCUT2D eigenvalue weighted by Crippen LogP contribution is -2.44. The van der Waals surface area contributed by atoms with Crippen molar-refractivity contribution in [1.82, 2.24) is 14.5 Å². The molecular formula is C27H33F3N4O2. The summed E-state index contributed by atoms with van der Waals surface area (Å²) in [5, 5.41) is 0. The number of alkyl halides is 1. The van der Waals surface area contributed by atoms with E-state index in [1.165, 1.54) is 36.3 Å². The number of hydrogen-bond donors (Lipinski definition) is 1. The molecule has 0 bridgehead atoms. The Bertz CT molecular complexity index is 1180. The topological polar surface area (TPSA) is 73.4 Å². The van der Waals surface area contributed by atoms with Gasteiger partial charge in [0.1, 0.15) is 24.1 Å². The molecule has 0 radical (unpaired) electrons. The molecule has 36 heavy (non-hydrogen) atoms. The van der Waals surface area contributed by atoms with E-state index in [0.717, 1.165) is 0 Å². The number of imidazole rings is 1. The molecule has 194 valence electrons. The number of halogens is 3. The highest BCUT2D eigenvalue weighted by Crippen LogP contribution is 2.39. The molecule has 0 fully saturated rings. The van der Waals surface area contributed by atoms with E-state index in [2.05, 4.69) is 0 Å². The average Bonchev–Trinajstić information content (AvgIpc) is 3.22. The summed E-state index contributed by atoms with van der Waals surface area (Å²) in [6, 6.07) is 10.9. The van der Waals surface area contributed by atoms with E-state index in [1.54, 1.807) is 30.5 Å². The van der Waals surface area contributed by atoms with Gasteiger partial charge in [-0.1, -0.05) is 45.0 Å². The molecule has 0 aliphatic heterocycles. The van der Waals surface area contributed by atoms with E-state index in [-0.39, 0.29) is 25.3 Å². The molecule has 9 heteroatoms. The van der Waals surface area contributed by atoms with Gasteiger partial charge in [0, 0.05) is 30.9 Å². The van der Waals surface area contributed by atoms with Crippen LogP contribution in [0.1, 0.15) is 44.6 Å². The van der Waals surface area contributed by atoms with Crippen LogP contribution in [0.5, 0.6) is 0 Å². The van der Waals surface area contributed by atoms with Gasteiger partial charge in [0.15, 0.2) is 0 Å². The van der Waals surface area contributed by atoms with Crippen LogP contribution in [0.3, 0.4) is 0 Å². The summed E-state index contributed by atoms with van der Waals surface area (Å²) in [6.45, 7) is 5.54.